The largest absolute Gasteiger partial charge is 0.378 e. The number of benzene rings is 1. The van der Waals surface area contributed by atoms with Crippen molar-refractivity contribution >= 4 is 28.3 Å². The Labute approximate surface area is 173 Å². The first-order valence-corrected chi connectivity index (χ1v) is 11.2. The van der Waals surface area contributed by atoms with Crippen molar-refractivity contribution in [3.63, 3.8) is 0 Å². The fraction of sp³-hybridized carbons (Fsp3) is 0.632. The second-order valence-corrected chi connectivity index (χ2v) is 8.92. The van der Waals surface area contributed by atoms with E-state index >= 15 is 0 Å². The summed E-state index contributed by atoms with van der Waals surface area (Å²) in [6, 6.07) is 6.40. The van der Waals surface area contributed by atoms with E-state index in [1.54, 1.807) is 33.5 Å². The number of hydrogen-bond donors (Lipinski definition) is 1. The van der Waals surface area contributed by atoms with Crippen LogP contribution in [0.25, 0.3) is 0 Å². The average Bonchev–Trinajstić information content (AvgIpc) is 2.72. The van der Waals surface area contributed by atoms with E-state index in [-0.39, 0.29) is 29.3 Å². The molecule has 7 nitrogen and oxygen atoms in total. The standard InChI is InChI=1S/C19H29N3O4S.ClH/c1-2-11-22(17-7-9-20-10-8-17)27(24,25)18-5-3-16(4-6-18)19(23)21-12-14-26-15-13-21;/h3-6,17,20H,2,7-15H2,1H3;1H. The van der Waals surface area contributed by atoms with Crippen molar-refractivity contribution < 1.29 is 17.9 Å². The van der Waals surface area contributed by atoms with Gasteiger partial charge in [-0.2, -0.15) is 4.31 Å². The van der Waals surface area contributed by atoms with Gasteiger partial charge in [0.2, 0.25) is 10.0 Å². The quantitative estimate of drug-likeness (QED) is 0.742. The first-order chi connectivity index (χ1) is 13.0. The highest BCUT2D eigenvalue weighted by atomic mass is 35.5. The summed E-state index contributed by atoms with van der Waals surface area (Å²) in [4.78, 5) is 14.5. The summed E-state index contributed by atoms with van der Waals surface area (Å²) < 4.78 is 33.3. The first kappa shape index (κ1) is 23.1. The van der Waals surface area contributed by atoms with Gasteiger partial charge in [-0.05, 0) is 56.6 Å². The van der Waals surface area contributed by atoms with Crippen LogP contribution in [0.3, 0.4) is 0 Å². The van der Waals surface area contributed by atoms with E-state index in [1.807, 2.05) is 6.92 Å². The van der Waals surface area contributed by atoms with Crippen molar-refractivity contribution in [2.45, 2.75) is 37.1 Å². The summed E-state index contributed by atoms with van der Waals surface area (Å²) in [7, 11) is -3.57. The van der Waals surface area contributed by atoms with Crippen molar-refractivity contribution in [1.29, 1.82) is 0 Å². The first-order valence-electron chi connectivity index (χ1n) is 9.73. The predicted molar refractivity (Wildman–Crippen MR) is 110 cm³/mol. The molecule has 0 aliphatic carbocycles. The molecular weight excluding hydrogens is 402 g/mol. The molecule has 2 aliphatic rings. The molecule has 0 atom stereocenters. The number of ether oxygens (including phenoxy) is 1. The topological polar surface area (TPSA) is 79.0 Å². The van der Waals surface area contributed by atoms with Gasteiger partial charge in [0.25, 0.3) is 5.91 Å². The second-order valence-electron chi connectivity index (χ2n) is 7.03. The zero-order valence-corrected chi connectivity index (χ0v) is 17.9. The Kier molecular flexibility index (Phi) is 8.70. The molecule has 1 amide bonds. The Morgan fingerprint density at radius 1 is 1.18 bits per heavy atom. The minimum absolute atomic E-state index is 0. The lowest BCUT2D eigenvalue weighted by atomic mass is 10.1. The van der Waals surface area contributed by atoms with Gasteiger partial charge in [0.05, 0.1) is 18.1 Å². The lowest BCUT2D eigenvalue weighted by molar-refractivity contribution is 0.0303. The number of hydrogen-bond acceptors (Lipinski definition) is 5. The average molecular weight is 432 g/mol. The molecule has 3 rings (SSSR count). The van der Waals surface area contributed by atoms with Crippen LogP contribution in [0.15, 0.2) is 29.2 Å². The van der Waals surface area contributed by atoms with Crippen molar-refractivity contribution in [3.05, 3.63) is 29.8 Å². The van der Waals surface area contributed by atoms with Gasteiger partial charge in [-0.1, -0.05) is 6.92 Å². The number of nitrogens with zero attached hydrogens (tertiary/aromatic N) is 2. The number of sulfonamides is 1. The van der Waals surface area contributed by atoms with Crippen LogP contribution in [0.2, 0.25) is 0 Å². The summed E-state index contributed by atoms with van der Waals surface area (Å²) in [6.07, 6.45) is 2.43. The van der Waals surface area contributed by atoms with Gasteiger partial charge in [-0.25, -0.2) is 8.42 Å². The lowest BCUT2D eigenvalue weighted by Crippen LogP contribution is -2.46. The maximum absolute atomic E-state index is 13.2. The Hall–Kier alpha value is -1.19. The molecule has 2 aliphatic heterocycles. The molecule has 2 heterocycles. The summed E-state index contributed by atoms with van der Waals surface area (Å²) in [5, 5.41) is 3.28. The van der Waals surface area contributed by atoms with E-state index in [2.05, 4.69) is 5.32 Å². The van der Waals surface area contributed by atoms with Gasteiger partial charge in [0, 0.05) is 31.2 Å². The molecule has 0 aromatic heterocycles. The fourth-order valence-corrected chi connectivity index (χ4v) is 5.45. The summed E-state index contributed by atoms with van der Waals surface area (Å²) >= 11 is 0. The van der Waals surface area contributed by atoms with Crippen molar-refractivity contribution in [2.24, 2.45) is 0 Å². The third kappa shape index (κ3) is 5.24. The van der Waals surface area contributed by atoms with E-state index in [0.29, 0.717) is 38.4 Å². The van der Waals surface area contributed by atoms with E-state index in [1.165, 1.54) is 0 Å². The van der Waals surface area contributed by atoms with Gasteiger partial charge in [0.15, 0.2) is 0 Å². The van der Waals surface area contributed by atoms with Gasteiger partial charge >= 0.3 is 0 Å². The lowest BCUT2D eigenvalue weighted by Gasteiger charge is -2.33. The monoisotopic (exact) mass is 431 g/mol. The Balaban J connectivity index is 0.00000280. The number of carbonyl (C=O) groups excluding carboxylic acids is 1. The highest BCUT2D eigenvalue weighted by molar-refractivity contribution is 7.89. The molecule has 0 bridgehead atoms. The highest BCUT2D eigenvalue weighted by Crippen LogP contribution is 2.23. The van der Waals surface area contributed by atoms with Crippen LogP contribution < -0.4 is 5.32 Å². The summed E-state index contributed by atoms with van der Waals surface area (Å²) in [5.41, 5.74) is 0.514. The van der Waals surface area contributed by atoms with Crippen molar-refractivity contribution in [2.75, 3.05) is 45.9 Å². The molecule has 2 fully saturated rings. The second kappa shape index (κ2) is 10.5. The predicted octanol–water partition coefficient (Wildman–Crippen LogP) is 1.73. The van der Waals surface area contributed by atoms with Gasteiger partial charge < -0.3 is 15.0 Å². The van der Waals surface area contributed by atoms with Crippen LogP contribution in [-0.4, -0.2) is 75.5 Å². The van der Waals surface area contributed by atoms with Crippen LogP contribution in [0.1, 0.15) is 36.5 Å². The molecule has 1 aromatic carbocycles. The number of morpholine rings is 1. The van der Waals surface area contributed by atoms with Crippen molar-refractivity contribution in [1.82, 2.24) is 14.5 Å². The number of halogens is 1. The Bertz CT molecular complexity index is 730. The summed E-state index contributed by atoms with van der Waals surface area (Å²) in [5.74, 6) is -0.0778. The Morgan fingerprint density at radius 2 is 1.79 bits per heavy atom. The maximum Gasteiger partial charge on any atom is 0.254 e. The molecule has 0 spiro atoms. The number of amides is 1. The SMILES string of the molecule is CCCN(C1CCNCC1)S(=O)(=O)c1ccc(C(=O)N2CCOCC2)cc1.Cl. The van der Waals surface area contributed by atoms with Crippen molar-refractivity contribution in [3.8, 4) is 0 Å². The number of rotatable bonds is 6. The summed E-state index contributed by atoms with van der Waals surface area (Å²) in [6.45, 7) is 6.41. The van der Waals surface area contributed by atoms with E-state index in [9.17, 15) is 13.2 Å². The van der Waals surface area contributed by atoms with Gasteiger partial charge in [0.1, 0.15) is 0 Å². The minimum atomic E-state index is -3.57. The number of nitrogens with one attached hydrogen (secondary N) is 1. The molecule has 1 N–H and O–H groups in total. The minimum Gasteiger partial charge on any atom is -0.378 e. The molecule has 9 heteroatoms. The van der Waals surface area contributed by atoms with E-state index in [0.717, 1.165) is 32.4 Å². The smallest absolute Gasteiger partial charge is 0.254 e. The van der Waals surface area contributed by atoms with Crippen LogP contribution in [0.5, 0.6) is 0 Å². The molecule has 2 saturated heterocycles. The Morgan fingerprint density at radius 3 is 2.36 bits per heavy atom. The molecule has 0 unspecified atom stereocenters. The number of piperidine rings is 1. The van der Waals surface area contributed by atoms with Gasteiger partial charge in [-0.15, -0.1) is 12.4 Å². The normalized spacial score (nSPS) is 18.7. The fourth-order valence-electron chi connectivity index (χ4n) is 3.67. The highest BCUT2D eigenvalue weighted by Gasteiger charge is 2.31. The molecule has 158 valence electrons. The third-order valence-electron chi connectivity index (χ3n) is 5.17. The molecule has 1 aromatic rings. The van der Waals surface area contributed by atoms with E-state index < -0.39 is 10.0 Å². The third-order valence-corrected chi connectivity index (χ3v) is 7.13. The van der Waals surface area contributed by atoms with E-state index in [4.69, 9.17) is 4.74 Å². The molecule has 0 saturated carbocycles. The zero-order valence-electron chi connectivity index (χ0n) is 16.3. The molecule has 0 radical (unpaired) electrons. The van der Waals surface area contributed by atoms with Crippen LogP contribution in [-0.2, 0) is 14.8 Å². The molecular formula is C19H30ClN3O4S. The van der Waals surface area contributed by atoms with Gasteiger partial charge in [-0.3, -0.25) is 4.79 Å². The van der Waals surface area contributed by atoms with Crippen LogP contribution in [0.4, 0.5) is 0 Å². The maximum atomic E-state index is 13.2. The zero-order chi connectivity index (χ0) is 19.3. The van der Waals surface area contributed by atoms with Crippen LogP contribution >= 0.6 is 12.4 Å². The molecule has 28 heavy (non-hydrogen) atoms. The number of carbonyl (C=O) groups is 1. The van der Waals surface area contributed by atoms with Crippen LogP contribution in [0, 0.1) is 0 Å².